The number of amides is 4. The van der Waals surface area contributed by atoms with E-state index < -0.39 is 17.8 Å². The van der Waals surface area contributed by atoms with Crippen LogP contribution in [0.4, 0.5) is 10.5 Å². The zero-order valence-electron chi connectivity index (χ0n) is 17.0. The molecule has 1 aliphatic carbocycles. The van der Waals surface area contributed by atoms with Gasteiger partial charge in [-0.1, -0.05) is 31.0 Å². The van der Waals surface area contributed by atoms with Crippen LogP contribution in [-0.2, 0) is 9.59 Å². The van der Waals surface area contributed by atoms with Gasteiger partial charge in [0.15, 0.2) is 0 Å². The van der Waals surface area contributed by atoms with Crippen molar-refractivity contribution >= 4 is 29.6 Å². The third-order valence-corrected chi connectivity index (χ3v) is 5.97. The van der Waals surface area contributed by atoms with Crippen LogP contribution in [0, 0.1) is 20.8 Å². The molecule has 0 unspecified atom stereocenters. The standard InChI is InChI=1S/C23H25N3O3/c1-14-8-4-7-11-20(14)26-22(28)19(21(27)24-23(26)29)13-17-12-15(2)25(16(17)3)18-9-5-6-10-18/h4,7-8,11-13,18H,5-6,9-10H2,1-3H3,(H,24,27,29)/b19-13+. The van der Waals surface area contributed by atoms with E-state index in [1.165, 1.54) is 12.8 Å². The van der Waals surface area contributed by atoms with Crippen molar-refractivity contribution in [1.82, 2.24) is 9.88 Å². The van der Waals surface area contributed by atoms with Crippen LogP contribution >= 0.6 is 0 Å². The SMILES string of the molecule is Cc1ccccc1N1C(=O)NC(=O)/C(=C\c2cc(C)n(C3CCCC3)c2C)C1=O. The number of benzene rings is 1. The minimum atomic E-state index is -0.720. The topological polar surface area (TPSA) is 71.4 Å². The van der Waals surface area contributed by atoms with E-state index >= 15 is 0 Å². The molecule has 1 saturated carbocycles. The van der Waals surface area contributed by atoms with Crippen molar-refractivity contribution < 1.29 is 14.4 Å². The van der Waals surface area contributed by atoms with Gasteiger partial charge in [0.2, 0.25) is 0 Å². The van der Waals surface area contributed by atoms with Gasteiger partial charge in [-0.3, -0.25) is 14.9 Å². The van der Waals surface area contributed by atoms with Gasteiger partial charge in [-0.05, 0) is 62.9 Å². The summed E-state index contributed by atoms with van der Waals surface area (Å²) in [5, 5.41) is 2.30. The molecule has 0 spiro atoms. The fourth-order valence-corrected chi connectivity index (χ4v) is 4.52. The summed E-state index contributed by atoms with van der Waals surface area (Å²) in [5.74, 6) is -1.26. The van der Waals surface area contributed by atoms with Crippen molar-refractivity contribution in [3.05, 3.63) is 58.4 Å². The number of aromatic nitrogens is 1. The van der Waals surface area contributed by atoms with Gasteiger partial charge in [0.05, 0.1) is 5.69 Å². The van der Waals surface area contributed by atoms with Gasteiger partial charge in [0, 0.05) is 17.4 Å². The molecule has 2 fully saturated rings. The molecule has 0 atom stereocenters. The number of nitrogens with one attached hydrogen (secondary N) is 1. The van der Waals surface area contributed by atoms with E-state index in [2.05, 4.69) is 16.8 Å². The number of hydrogen-bond donors (Lipinski definition) is 1. The van der Waals surface area contributed by atoms with Gasteiger partial charge in [0.25, 0.3) is 11.8 Å². The summed E-state index contributed by atoms with van der Waals surface area (Å²) in [6.07, 6.45) is 6.38. The molecular formula is C23H25N3O3. The van der Waals surface area contributed by atoms with E-state index in [0.717, 1.165) is 40.3 Å². The van der Waals surface area contributed by atoms with Crippen molar-refractivity contribution in [3.63, 3.8) is 0 Å². The molecule has 1 aromatic heterocycles. The molecule has 1 saturated heterocycles. The highest BCUT2D eigenvalue weighted by Gasteiger charge is 2.37. The van der Waals surface area contributed by atoms with Crippen molar-refractivity contribution in [2.24, 2.45) is 0 Å². The molecule has 0 radical (unpaired) electrons. The molecule has 2 aromatic rings. The van der Waals surface area contributed by atoms with E-state index in [1.54, 1.807) is 18.2 Å². The number of para-hydroxylation sites is 1. The summed E-state index contributed by atoms with van der Waals surface area (Å²) >= 11 is 0. The van der Waals surface area contributed by atoms with E-state index in [-0.39, 0.29) is 5.57 Å². The van der Waals surface area contributed by atoms with Crippen LogP contribution in [0.2, 0.25) is 0 Å². The van der Waals surface area contributed by atoms with Gasteiger partial charge in [-0.25, -0.2) is 9.69 Å². The Bertz CT molecular complexity index is 1040. The van der Waals surface area contributed by atoms with E-state index in [1.807, 2.05) is 32.0 Å². The summed E-state index contributed by atoms with van der Waals surface area (Å²) in [6.45, 7) is 5.90. The van der Waals surface area contributed by atoms with E-state index in [4.69, 9.17) is 0 Å². The van der Waals surface area contributed by atoms with E-state index in [9.17, 15) is 14.4 Å². The minimum absolute atomic E-state index is 0.0282. The van der Waals surface area contributed by atoms with Gasteiger partial charge in [-0.15, -0.1) is 0 Å². The second kappa shape index (κ2) is 7.35. The first-order chi connectivity index (χ1) is 13.9. The first-order valence-electron chi connectivity index (χ1n) is 10.0. The molecule has 2 aliphatic rings. The zero-order chi connectivity index (χ0) is 20.7. The third-order valence-electron chi connectivity index (χ3n) is 5.97. The summed E-state index contributed by atoms with van der Waals surface area (Å²) in [6, 6.07) is 8.89. The maximum atomic E-state index is 13.1. The molecule has 4 amide bonds. The number of anilines is 1. The molecule has 29 heavy (non-hydrogen) atoms. The monoisotopic (exact) mass is 391 g/mol. The van der Waals surface area contributed by atoms with Crippen molar-refractivity contribution in [1.29, 1.82) is 0 Å². The minimum Gasteiger partial charge on any atom is -0.346 e. The van der Waals surface area contributed by atoms with Crippen LogP contribution in [0.5, 0.6) is 0 Å². The van der Waals surface area contributed by atoms with Crippen molar-refractivity contribution in [2.45, 2.75) is 52.5 Å². The predicted octanol–water partition coefficient (Wildman–Crippen LogP) is 4.19. The van der Waals surface area contributed by atoms with Gasteiger partial charge < -0.3 is 4.57 Å². The maximum Gasteiger partial charge on any atom is 0.335 e. The molecular weight excluding hydrogens is 366 g/mol. The lowest BCUT2D eigenvalue weighted by molar-refractivity contribution is -0.122. The predicted molar refractivity (Wildman–Crippen MR) is 112 cm³/mol. The van der Waals surface area contributed by atoms with Crippen molar-refractivity contribution in [2.75, 3.05) is 4.90 Å². The number of carbonyl (C=O) groups is 3. The number of urea groups is 1. The summed E-state index contributed by atoms with van der Waals surface area (Å²) in [4.78, 5) is 39.1. The number of nitrogens with zero attached hydrogens (tertiary/aromatic N) is 2. The molecule has 1 aliphatic heterocycles. The molecule has 1 N–H and O–H groups in total. The fourth-order valence-electron chi connectivity index (χ4n) is 4.52. The molecule has 4 rings (SSSR count). The first-order valence-corrected chi connectivity index (χ1v) is 10.0. The molecule has 1 aromatic carbocycles. The fraction of sp³-hybridized carbons (Fsp3) is 0.348. The molecule has 6 nitrogen and oxygen atoms in total. The Labute approximate surface area is 170 Å². The maximum absolute atomic E-state index is 13.1. The second-order valence-electron chi connectivity index (χ2n) is 7.88. The molecule has 150 valence electrons. The average molecular weight is 391 g/mol. The first kappa shape index (κ1) is 19.2. The Kier molecular flexibility index (Phi) is 4.86. The lowest BCUT2D eigenvalue weighted by Gasteiger charge is -2.27. The molecule has 6 heteroatoms. The average Bonchev–Trinajstić information content (AvgIpc) is 3.28. The zero-order valence-corrected chi connectivity index (χ0v) is 17.0. The number of carbonyl (C=O) groups excluding carboxylic acids is 3. The normalized spacial score (nSPS) is 19.3. The molecule has 2 heterocycles. The van der Waals surface area contributed by atoms with Crippen LogP contribution in [0.25, 0.3) is 6.08 Å². The Hall–Kier alpha value is -3.15. The lowest BCUT2D eigenvalue weighted by atomic mass is 10.1. The van der Waals surface area contributed by atoms with Crippen LogP contribution in [0.15, 0.2) is 35.9 Å². The quantitative estimate of drug-likeness (QED) is 0.630. The van der Waals surface area contributed by atoms with Gasteiger partial charge in [-0.2, -0.15) is 0 Å². The van der Waals surface area contributed by atoms with E-state index in [0.29, 0.717) is 11.7 Å². The summed E-state index contributed by atoms with van der Waals surface area (Å²) < 4.78 is 2.31. The number of imide groups is 2. The Balaban J connectivity index is 1.74. The van der Waals surface area contributed by atoms with Gasteiger partial charge in [0.1, 0.15) is 5.57 Å². The van der Waals surface area contributed by atoms with Crippen molar-refractivity contribution in [3.8, 4) is 0 Å². The second-order valence-corrected chi connectivity index (χ2v) is 7.88. The third kappa shape index (κ3) is 3.28. The Morgan fingerprint density at radius 1 is 1.03 bits per heavy atom. The van der Waals surface area contributed by atoms with Crippen LogP contribution < -0.4 is 10.2 Å². The Morgan fingerprint density at radius 2 is 1.72 bits per heavy atom. The molecule has 0 bridgehead atoms. The largest absolute Gasteiger partial charge is 0.346 e. The highest BCUT2D eigenvalue weighted by Crippen LogP contribution is 2.34. The van der Waals surface area contributed by atoms with Crippen LogP contribution in [-0.4, -0.2) is 22.4 Å². The Morgan fingerprint density at radius 3 is 2.41 bits per heavy atom. The smallest absolute Gasteiger partial charge is 0.335 e. The van der Waals surface area contributed by atoms with Gasteiger partial charge >= 0.3 is 6.03 Å². The summed E-state index contributed by atoms with van der Waals surface area (Å²) in [5.41, 5.74) is 4.24. The lowest BCUT2D eigenvalue weighted by Crippen LogP contribution is -2.54. The van der Waals surface area contributed by atoms with Crippen LogP contribution in [0.1, 0.15) is 54.2 Å². The number of rotatable bonds is 3. The summed E-state index contributed by atoms with van der Waals surface area (Å²) in [7, 11) is 0. The van der Waals surface area contributed by atoms with Crippen LogP contribution in [0.3, 0.4) is 0 Å². The number of barbiturate groups is 1. The number of aryl methyl sites for hydroxylation is 2. The highest BCUT2D eigenvalue weighted by atomic mass is 16.2. The highest BCUT2D eigenvalue weighted by molar-refractivity contribution is 6.39. The number of hydrogen-bond acceptors (Lipinski definition) is 3.